The van der Waals surface area contributed by atoms with Crippen molar-refractivity contribution < 1.29 is 0 Å². The van der Waals surface area contributed by atoms with Gasteiger partial charge in [0.05, 0.1) is 5.01 Å². The predicted octanol–water partition coefficient (Wildman–Crippen LogP) is 17.8. The van der Waals surface area contributed by atoms with Crippen LogP contribution >= 0.6 is 11.3 Å². The third kappa shape index (κ3) is 9.83. The van der Waals surface area contributed by atoms with Crippen LogP contribution < -0.4 is 30.4 Å². The van der Waals surface area contributed by atoms with Crippen LogP contribution in [0.25, 0.3) is 0 Å². The summed E-state index contributed by atoms with van der Waals surface area (Å²) < 4.78 is 1.30. The maximum Gasteiger partial charge on any atom is 0.266 e. The fourth-order valence-electron chi connectivity index (χ4n) is 10.4. The molecule has 73 heavy (non-hydrogen) atoms. The molecule has 0 aliphatic carbocycles. The number of aromatic nitrogens is 1. The summed E-state index contributed by atoms with van der Waals surface area (Å²) >= 11 is 1.90. The van der Waals surface area contributed by atoms with E-state index < -0.39 is 0 Å². The minimum Gasteiger partial charge on any atom is -0.311 e. The average molecular weight is 987 g/mol. The first-order valence-corrected chi connectivity index (χ1v) is 27.6. The Morgan fingerprint density at radius 1 is 0.370 bits per heavy atom. The summed E-state index contributed by atoms with van der Waals surface area (Å²) in [6.45, 7) is 48.7. The van der Waals surface area contributed by atoms with Gasteiger partial charge in [-0.1, -0.05) is 194 Å². The van der Waals surface area contributed by atoms with Gasteiger partial charge in [0.1, 0.15) is 5.82 Å². The van der Waals surface area contributed by atoms with Crippen LogP contribution in [0, 0.1) is 0 Å². The van der Waals surface area contributed by atoms with Gasteiger partial charge in [-0.2, -0.15) is 0 Å². The molecular weight excluding hydrogens is 904 g/mol. The molecule has 1 aromatic heterocycles. The summed E-state index contributed by atoms with van der Waals surface area (Å²) in [4.78, 5) is 13.4. The van der Waals surface area contributed by atoms with Gasteiger partial charge >= 0.3 is 0 Å². The average Bonchev–Trinajstić information content (AvgIpc) is 3.73. The van der Waals surface area contributed by atoms with Crippen LogP contribution in [0.1, 0.15) is 184 Å². The van der Waals surface area contributed by atoms with E-state index in [9.17, 15) is 0 Å². The lowest BCUT2D eigenvalue weighted by molar-refractivity contribution is 0.568. The summed E-state index contributed by atoms with van der Waals surface area (Å²) in [7, 11) is 0. The first-order chi connectivity index (χ1) is 33.6. The molecule has 2 aliphatic heterocycles. The lowest BCUT2D eigenvalue weighted by Crippen LogP contribution is -2.60. The van der Waals surface area contributed by atoms with Gasteiger partial charge in [-0.3, -0.25) is 4.90 Å². The Kier molecular flexibility index (Phi) is 12.5. The van der Waals surface area contributed by atoms with E-state index in [1.165, 1.54) is 71.8 Å². The Morgan fingerprint density at radius 3 is 1.19 bits per heavy atom. The topological polar surface area (TPSA) is 22.6 Å². The highest BCUT2D eigenvalue weighted by Gasteiger charge is 2.47. The molecule has 0 amide bonds. The Balaban J connectivity index is 1.39. The molecule has 0 bridgehead atoms. The summed E-state index contributed by atoms with van der Waals surface area (Å²) in [5.74, 6) is 1.05. The van der Waals surface area contributed by atoms with E-state index in [-0.39, 0.29) is 44.6 Å². The van der Waals surface area contributed by atoms with Crippen LogP contribution in [0.3, 0.4) is 0 Å². The number of rotatable bonds is 5. The number of thiazole rings is 1. The Labute approximate surface area is 445 Å². The molecule has 7 aromatic rings. The molecule has 0 atom stereocenters. The SMILES string of the molecule is CC(C)(C)c1ccc(N(c2ccc(C(C)(C)C)cc2)c2ccc3c(c2)N(c2ccc(C(C)(C)C)cc2)c2cc(C(C)(C)C)cc4c2B3c2sc(C(C)(C)C)nc2N4c2cc(C(C)(C)C)cc(C(C)(C)C)c2)cc1. The van der Waals surface area contributed by atoms with E-state index in [1.807, 2.05) is 11.3 Å². The number of benzene rings is 6. The second-order valence-corrected chi connectivity index (χ2v) is 29.5. The minimum absolute atomic E-state index is 0.00876. The second kappa shape index (κ2) is 17.5. The van der Waals surface area contributed by atoms with Crippen LogP contribution in [-0.2, 0) is 37.9 Å². The zero-order valence-corrected chi connectivity index (χ0v) is 49.1. The van der Waals surface area contributed by atoms with E-state index >= 15 is 0 Å². The summed E-state index contributed by atoms with van der Waals surface area (Å²) in [5, 5.41) is 1.15. The molecule has 0 fully saturated rings. The van der Waals surface area contributed by atoms with Crippen molar-refractivity contribution in [2.45, 2.75) is 183 Å². The van der Waals surface area contributed by atoms with E-state index in [0.29, 0.717) is 0 Å². The van der Waals surface area contributed by atoms with Crippen LogP contribution in [0.2, 0.25) is 0 Å². The number of hydrogen-bond donors (Lipinski definition) is 0. The van der Waals surface area contributed by atoms with Crippen molar-refractivity contribution in [3.8, 4) is 0 Å². The van der Waals surface area contributed by atoms with Gasteiger partial charge in [0.2, 0.25) is 0 Å². The lowest BCUT2D eigenvalue weighted by Gasteiger charge is -2.44. The molecule has 0 radical (unpaired) electrons. The van der Waals surface area contributed by atoms with Gasteiger partial charge in [0, 0.05) is 55.7 Å². The zero-order chi connectivity index (χ0) is 53.3. The molecule has 0 N–H and O–H groups in total. The van der Waals surface area contributed by atoms with Crippen LogP contribution in [0.5, 0.6) is 0 Å². The first-order valence-electron chi connectivity index (χ1n) is 26.8. The second-order valence-electron chi connectivity index (χ2n) is 28.5. The van der Waals surface area contributed by atoms with Crippen molar-refractivity contribution in [1.29, 1.82) is 0 Å². The fourth-order valence-corrected chi connectivity index (χ4v) is 11.7. The summed E-state index contributed by atoms with van der Waals surface area (Å²) in [6.07, 6.45) is 0. The third-order valence-electron chi connectivity index (χ3n) is 15.2. The van der Waals surface area contributed by atoms with Crippen molar-refractivity contribution in [1.82, 2.24) is 4.98 Å². The molecule has 3 heterocycles. The van der Waals surface area contributed by atoms with Crippen LogP contribution in [-0.4, -0.2) is 11.7 Å². The number of nitrogens with zero attached hydrogens (tertiary/aromatic N) is 4. The fraction of sp³-hybridized carbons (Fsp3) is 0.418. The standard InChI is InChI=1S/C67H83BN4S/c1-61(2,3)42-22-28-48(29-23-42)70(49-30-24-43(25-31-49)62(4,5)6)51-34-35-53-54(41-51)71(50-32-26-44(27-33-50)63(7,8)9)55-39-47(66(16,17)18)40-56-57(55)68(53)58-59(69-60(73-58)67(19,20)21)72(56)52-37-45(64(10,11)12)36-46(38-52)65(13,14)15/h22-41H,1-21H3. The van der Waals surface area contributed by atoms with Crippen molar-refractivity contribution in [2.75, 3.05) is 14.7 Å². The van der Waals surface area contributed by atoms with Crippen molar-refractivity contribution >= 4 is 85.1 Å². The Hall–Kier alpha value is -5.59. The van der Waals surface area contributed by atoms with Gasteiger partial charge < -0.3 is 9.80 Å². The highest BCUT2D eigenvalue weighted by Crippen LogP contribution is 2.50. The van der Waals surface area contributed by atoms with E-state index in [1.54, 1.807) is 0 Å². The monoisotopic (exact) mass is 987 g/mol. The molecule has 2 aliphatic rings. The Morgan fingerprint density at radius 2 is 0.767 bits per heavy atom. The number of hydrogen-bond acceptors (Lipinski definition) is 5. The van der Waals surface area contributed by atoms with Gasteiger partial charge in [-0.25, -0.2) is 4.98 Å². The molecule has 4 nitrogen and oxygen atoms in total. The van der Waals surface area contributed by atoms with Crippen molar-refractivity contribution in [3.05, 3.63) is 160 Å². The summed E-state index contributed by atoms with van der Waals surface area (Å²) in [6, 6.07) is 47.6. The highest BCUT2D eigenvalue weighted by molar-refractivity contribution is 7.28. The van der Waals surface area contributed by atoms with Crippen LogP contribution in [0.4, 0.5) is 51.3 Å². The molecular formula is C67H83BN4S. The lowest BCUT2D eigenvalue weighted by atomic mass is 9.36. The van der Waals surface area contributed by atoms with Gasteiger partial charge in [-0.15, -0.1) is 11.3 Å². The molecule has 380 valence electrons. The third-order valence-corrected chi connectivity index (χ3v) is 16.8. The quantitative estimate of drug-likeness (QED) is 0.160. The normalized spacial score (nSPS) is 14.3. The van der Waals surface area contributed by atoms with E-state index in [0.717, 1.165) is 33.6 Å². The van der Waals surface area contributed by atoms with E-state index in [4.69, 9.17) is 4.98 Å². The molecule has 0 saturated heterocycles. The largest absolute Gasteiger partial charge is 0.311 e. The minimum atomic E-state index is -0.158. The van der Waals surface area contributed by atoms with Gasteiger partial charge in [0.25, 0.3) is 6.71 Å². The molecule has 6 heteroatoms. The van der Waals surface area contributed by atoms with E-state index in [2.05, 4.69) is 281 Å². The molecule has 9 rings (SSSR count). The van der Waals surface area contributed by atoms with Gasteiger partial charge in [-0.05, 0) is 150 Å². The molecule has 0 unspecified atom stereocenters. The number of fused-ring (bicyclic) bond motifs is 4. The maximum absolute atomic E-state index is 5.79. The van der Waals surface area contributed by atoms with Crippen LogP contribution in [0.15, 0.2) is 121 Å². The molecule has 0 spiro atoms. The van der Waals surface area contributed by atoms with Crippen molar-refractivity contribution in [2.24, 2.45) is 0 Å². The molecule has 6 aromatic carbocycles. The Bertz CT molecular complexity index is 3110. The molecule has 0 saturated carbocycles. The smallest absolute Gasteiger partial charge is 0.266 e. The highest BCUT2D eigenvalue weighted by atomic mass is 32.1. The van der Waals surface area contributed by atoms with Gasteiger partial charge in [0.15, 0.2) is 0 Å². The maximum atomic E-state index is 5.79. The first kappa shape index (κ1) is 52.3. The summed E-state index contributed by atoms with van der Waals surface area (Å²) in [5.41, 5.74) is 19.5. The zero-order valence-electron chi connectivity index (χ0n) is 48.3. The van der Waals surface area contributed by atoms with Crippen molar-refractivity contribution in [3.63, 3.8) is 0 Å². The number of anilines is 9. The predicted molar refractivity (Wildman–Crippen MR) is 322 cm³/mol.